The first-order valence-electron chi connectivity index (χ1n) is 26.3. The highest BCUT2D eigenvalue weighted by atomic mass is 14.5. The number of anilines is 2. The number of benzene rings is 4. The van der Waals surface area contributed by atoms with E-state index in [0.717, 1.165) is 11.4 Å². The van der Waals surface area contributed by atoms with Gasteiger partial charge in [-0.25, -0.2) is 0 Å². The van der Waals surface area contributed by atoms with Crippen LogP contribution < -0.4 is 11.5 Å². The summed E-state index contributed by atoms with van der Waals surface area (Å²) in [6.45, 7) is 9.07. The van der Waals surface area contributed by atoms with E-state index in [2.05, 4.69) is 113 Å². The lowest BCUT2D eigenvalue weighted by molar-refractivity contribution is 0.550. The predicted molar refractivity (Wildman–Crippen MR) is 276 cm³/mol. The van der Waals surface area contributed by atoms with Crippen molar-refractivity contribution in [1.29, 1.82) is 0 Å². The van der Waals surface area contributed by atoms with Gasteiger partial charge in [0.05, 0.1) is 0 Å². The third-order valence-electron chi connectivity index (χ3n) is 14.0. The molecule has 0 aliphatic carbocycles. The van der Waals surface area contributed by atoms with Crippen LogP contribution in [0.5, 0.6) is 0 Å². The van der Waals surface area contributed by atoms with Crippen molar-refractivity contribution in [2.24, 2.45) is 0 Å². The molecule has 2 unspecified atom stereocenters. The summed E-state index contributed by atoms with van der Waals surface area (Å²) in [7, 11) is 0. The molecular weight excluding hydrogens is 749 g/mol. The monoisotopic (exact) mass is 841 g/mol. The summed E-state index contributed by atoms with van der Waals surface area (Å²) < 4.78 is 0. The van der Waals surface area contributed by atoms with Crippen LogP contribution in [0.15, 0.2) is 84.9 Å². The van der Waals surface area contributed by atoms with E-state index >= 15 is 0 Å². The standard InChI is InChI=1S/C60H92N2/c1-5-7-9-11-13-21-25-29-33-59(57-45-43-55(61)47-49(57)3)53-39-35-51(36-40-53)31-27-23-19-17-15-16-18-20-24-28-32-52-37-41-54(42-38-52)60(58-46-44-56(62)48-50(58)4)34-30-26-22-14-12-10-8-6-2/h35-48,59-60H,5-34,61-62H2,1-4H3. The summed E-state index contributed by atoms with van der Waals surface area (Å²) in [5.41, 5.74) is 25.5. The van der Waals surface area contributed by atoms with E-state index in [1.807, 2.05) is 0 Å². The van der Waals surface area contributed by atoms with Crippen LogP contribution in [0, 0.1) is 13.8 Å². The maximum absolute atomic E-state index is 6.15. The average molecular weight is 841 g/mol. The topological polar surface area (TPSA) is 52.0 Å². The van der Waals surface area contributed by atoms with Crippen LogP contribution in [0.25, 0.3) is 0 Å². The number of rotatable bonds is 35. The van der Waals surface area contributed by atoms with E-state index in [1.54, 1.807) is 0 Å². The summed E-state index contributed by atoms with van der Waals surface area (Å²) in [4.78, 5) is 0. The largest absolute Gasteiger partial charge is 0.399 e. The molecule has 0 bridgehead atoms. The van der Waals surface area contributed by atoms with Crippen LogP contribution >= 0.6 is 0 Å². The molecule has 4 aromatic carbocycles. The van der Waals surface area contributed by atoms with Gasteiger partial charge >= 0.3 is 0 Å². The van der Waals surface area contributed by atoms with Gasteiger partial charge in [-0.05, 0) is 121 Å². The number of nitrogens with two attached hydrogens (primary N) is 2. The minimum atomic E-state index is 0.459. The SMILES string of the molecule is CCCCCCCCCCC(c1ccc(CCCCCCCCCCCCc2ccc(C(CCCCCCCCCC)c3ccc(N)cc3C)cc2)cc1)c1ccc(N)cc1C. The second-order valence-corrected chi connectivity index (χ2v) is 19.4. The molecule has 0 aliphatic heterocycles. The second kappa shape index (κ2) is 31.3. The van der Waals surface area contributed by atoms with E-state index in [1.165, 1.54) is 237 Å². The van der Waals surface area contributed by atoms with E-state index in [0.29, 0.717) is 11.8 Å². The molecule has 0 radical (unpaired) electrons. The van der Waals surface area contributed by atoms with Crippen LogP contribution in [-0.4, -0.2) is 0 Å². The summed E-state index contributed by atoms with van der Waals surface area (Å²) in [5, 5.41) is 0. The molecule has 2 heteroatoms. The zero-order chi connectivity index (χ0) is 44.0. The molecule has 2 nitrogen and oxygen atoms in total. The molecule has 0 aromatic heterocycles. The minimum absolute atomic E-state index is 0.459. The van der Waals surface area contributed by atoms with Crippen molar-refractivity contribution in [3.8, 4) is 0 Å². The smallest absolute Gasteiger partial charge is 0.0316 e. The Morgan fingerprint density at radius 1 is 0.339 bits per heavy atom. The fraction of sp³-hybridized carbons (Fsp3) is 0.600. The van der Waals surface area contributed by atoms with E-state index in [-0.39, 0.29) is 0 Å². The summed E-state index contributed by atoms with van der Waals surface area (Å²) in [6, 6.07) is 32.4. The number of unbranched alkanes of at least 4 members (excludes halogenated alkanes) is 23. The van der Waals surface area contributed by atoms with Gasteiger partial charge in [-0.1, -0.05) is 229 Å². The van der Waals surface area contributed by atoms with Crippen molar-refractivity contribution in [2.45, 2.75) is 232 Å². The Bertz CT molecular complexity index is 1590. The van der Waals surface area contributed by atoms with Crippen LogP contribution in [0.2, 0.25) is 0 Å². The maximum Gasteiger partial charge on any atom is 0.0316 e. The average Bonchev–Trinajstić information content (AvgIpc) is 3.27. The highest BCUT2D eigenvalue weighted by Crippen LogP contribution is 2.35. The molecule has 342 valence electrons. The molecule has 4 rings (SSSR count). The lowest BCUT2D eigenvalue weighted by Gasteiger charge is -2.21. The fourth-order valence-corrected chi connectivity index (χ4v) is 10.1. The van der Waals surface area contributed by atoms with Crippen molar-refractivity contribution in [3.63, 3.8) is 0 Å². The summed E-state index contributed by atoms with van der Waals surface area (Å²) in [6.07, 6.45) is 40.4. The summed E-state index contributed by atoms with van der Waals surface area (Å²) >= 11 is 0. The molecule has 0 amide bonds. The molecular formula is C60H92N2. The van der Waals surface area contributed by atoms with Crippen LogP contribution in [0.1, 0.15) is 250 Å². The van der Waals surface area contributed by atoms with Gasteiger partial charge < -0.3 is 11.5 Å². The molecule has 0 saturated carbocycles. The Labute approximate surface area is 382 Å². The molecule has 4 N–H and O–H groups in total. The van der Waals surface area contributed by atoms with Crippen molar-refractivity contribution in [2.75, 3.05) is 11.5 Å². The van der Waals surface area contributed by atoms with E-state index < -0.39 is 0 Å². The quantitative estimate of drug-likeness (QED) is 0.0358. The normalized spacial score (nSPS) is 12.5. The van der Waals surface area contributed by atoms with Crippen molar-refractivity contribution < 1.29 is 0 Å². The first-order valence-corrected chi connectivity index (χ1v) is 26.3. The molecule has 2 atom stereocenters. The molecule has 0 saturated heterocycles. The van der Waals surface area contributed by atoms with Crippen LogP contribution in [0.4, 0.5) is 11.4 Å². The van der Waals surface area contributed by atoms with Crippen molar-refractivity contribution in [1.82, 2.24) is 0 Å². The number of hydrogen-bond acceptors (Lipinski definition) is 2. The molecule has 4 aromatic rings. The van der Waals surface area contributed by atoms with Crippen LogP contribution in [-0.2, 0) is 12.8 Å². The Morgan fingerprint density at radius 3 is 0.935 bits per heavy atom. The molecule has 0 aliphatic rings. The second-order valence-electron chi connectivity index (χ2n) is 19.4. The Hall–Kier alpha value is -3.52. The maximum atomic E-state index is 6.15. The lowest BCUT2D eigenvalue weighted by atomic mass is 9.84. The fourth-order valence-electron chi connectivity index (χ4n) is 10.1. The van der Waals surface area contributed by atoms with Gasteiger partial charge in [0.25, 0.3) is 0 Å². The van der Waals surface area contributed by atoms with Gasteiger partial charge in [-0.2, -0.15) is 0 Å². The van der Waals surface area contributed by atoms with Gasteiger partial charge in [-0.15, -0.1) is 0 Å². The molecule has 0 heterocycles. The van der Waals surface area contributed by atoms with Gasteiger partial charge in [0.15, 0.2) is 0 Å². The molecule has 0 spiro atoms. The van der Waals surface area contributed by atoms with Gasteiger partial charge in [0.1, 0.15) is 0 Å². The zero-order valence-electron chi connectivity index (χ0n) is 40.6. The Morgan fingerprint density at radius 2 is 0.629 bits per heavy atom. The Balaban J connectivity index is 1.07. The zero-order valence-corrected chi connectivity index (χ0v) is 40.6. The molecule has 62 heavy (non-hydrogen) atoms. The van der Waals surface area contributed by atoms with E-state index in [9.17, 15) is 0 Å². The minimum Gasteiger partial charge on any atom is -0.399 e. The highest BCUT2D eigenvalue weighted by Gasteiger charge is 2.18. The van der Waals surface area contributed by atoms with Gasteiger partial charge in [0.2, 0.25) is 0 Å². The third-order valence-corrected chi connectivity index (χ3v) is 14.0. The number of hydrogen-bond donors (Lipinski definition) is 2. The number of aryl methyl sites for hydroxylation is 4. The highest BCUT2D eigenvalue weighted by molar-refractivity contribution is 5.49. The predicted octanol–water partition coefficient (Wildman–Crippen LogP) is 18.5. The Kier molecular flexibility index (Phi) is 25.8. The van der Waals surface area contributed by atoms with Gasteiger partial charge in [0, 0.05) is 23.2 Å². The molecule has 0 fully saturated rings. The lowest BCUT2D eigenvalue weighted by Crippen LogP contribution is -2.05. The van der Waals surface area contributed by atoms with Crippen LogP contribution in [0.3, 0.4) is 0 Å². The van der Waals surface area contributed by atoms with E-state index in [4.69, 9.17) is 11.5 Å². The first kappa shape index (κ1) is 51.1. The summed E-state index contributed by atoms with van der Waals surface area (Å²) in [5.74, 6) is 0.918. The van der Waals surface area contributed by atoms with Crippen molar-refractivity contribution in [3.05, 3.63) is 129 Å². The van der Waals surface area contributed by atoms with Gasteiger partial charge in [-0.3, -0.25) is 0 Å². The third kappa shape index (κ3) is 19.9. The van der Waals surface area contributed by atoms with Crippen molar-refractivity contribution >= 4 is 11.4 Å². The number of nitrogen functional groups attached to an aromatic ring is 2. The first-order chi connectivity index (χ1) is 30.4.